The van der Waals surface area contributed by atoms with Gasteiger partial charge in [-0.3, -0.25) is 0 Å². The highest BCUT2D eigenvalue weighted by Gasteiger charge is 2.47. The predicted molar refractivity (Wildman–Crippen MR) is 220 cm³/mol. The largest absolute Gasteiger partial charge is 0.652 e. The van der Waals surface area contributed by atoms with Gasteiger partial charge in [-0.15, -0.1) is 0 Å². The zero-order valence-electron chi connectivity index (χ0n) is 31.0. The molecule has 0 bridgehead atoms. The van der Waals surface area contributed by atoms with Crippen molar-refractivity contribution < 1.29 is 35.4 Å². The maximum atomic E-state index is 9.85. The molecule has 0 unspecified atom stereocenters. The number of carbonyl (C=O) groups is 1. The van der Waals surface area contributed by atoms with E-state index in [2.05, 4.69) is 97.1 Å². The van der Waals surface area contributed by atoms with Gasteiger partial charge < -0.3 is 35.4 Å². The number of rotatable bonds is 4. The van der Waals surface area contributed by atoms with Gasteiger partial charge in [-0.25, -0.2) is 0 Å². The van der Waals surface area contributed by atoms with Crippen LogP contribution in [0.3, 0.4) is 0 Å². The first-order chi connectivity index (χ1) is 28.1. The number of aromatic hydroxyl groups is 4. The van der Waals surface area contributed by atoms with E-state index in [1.807, 2.05) is 48.5 Å². The zero-order valence-corrected chi connectivity index (χ0v) is 31.0. The summed E-state index contributed by atoms with van der Waals surface area (Å²) in [5.74, 6) is 0.997. The molecule has 0 aliphatic heterocycles. The molecular formula is C51H36O7-2. The summed E-state index contributed by atoms with van der Waals surface area (Å²) in [7, 11) is 0. The van der Waals surface area contributed by atoms with Crippen molar-refractivity contribution in [1.82, 2.24) is 0 Å². The summed E-state index contributed by atoms with van der Waals surface area (Å²) in [6.07, 6.45) is -2.33. The SMILES string of the molecule is O=C([O-])[O-].Oc1ccc(C2(c3ccc(O)cc3)c3ccccc3-c3ccccc32)cc1.Oc1ccc(C2(c3ccc(O)cc3)c3ccccc3-c3ccccc32)cc1. The molecule has 58 heavy (non-hydrogen) atoms. The average molecular weight is 761 g/mol. The molecular weight excluding hydrogens is 725 g/mol. The molecule has 7 nitrogen and oxygen atoms in total. The van der Waals surface area contributed by atoms with Gasteiger partial charge in [-0.05, 0) is 121 Å². The van der Waals surface area contributed by atoms with E-state index in [9.17, 15) is 20.4 Å². The van der Waals surface area contributed by atoms with Gasteiger partial charge in [0.15, 0.2) is 0 Å². The normalized spacial score (nSPS) is 13.2. The first-order valence-electron chi connectivity index (χ1n) is 18.6. The van der Waals surface area contributed by atoms with Crippen molar-refractivity contribution in [2.45, 2.75) is 10.8 Å². The Balaban J connectivity index is 0.000000148. The van der Waals surface area contributed by atoms with Gasteiger partial charge in [0.1, 0.15) is 23.0 Å². The van der Waals surface area contributed by atoms with Crippen molar-refractivity contribution in [3.8, 4) is 45.3 Å². The number of carbonyl (C=O) groups excluding carboxylic acids is 1. The second kappa shape index (κ2) is 15.0. The van der Waals surface area contributed by atoms with Gasteiger partial charge >= 0.3 is 0 Å². The van der Waals surface area contributed by atoms with Crippen molar-refractivity contribution in [3.63, 3.8) is 0 Å². The lowest BCUT2D eigenvalue weighted by molar-refractivity contribution is -0.415. The van der Waals surface area contributed by atoms with Crippen LogP contribution >= 0.6 is 0 Å². The molecule has 0 saturated heterocycles. The summed E-state index contributed by atoms with van der Waals surface area (Å²) in [4.78, 5) is 8.33. The highest BCUT2D eigenvalue weighted by atomic mass is 16.6. The van der Waals surface area contributed by atoms with E-state index in [1.165, 1.54) is 44.5 Å². The summed E-state index contributed by atoms with van der Waals surface area (Å²) in [5.41, 5.74) is 13.1. The Morgan fingerprint density at radius 1 is 0.310 bits per heavy atom. The molecule has 0 fully saturated rings. The molecule has 4 N–H and O–H groups in total. The molecule has 284 valence electrons. The Kier molecular flexibility index (Phi) is 9.64. The number of hydrogen-bond acceptors (Lipinski definition) is 7. The van der Waals surface area contributed by atoms with Crippen LogP contribution in [0.2, 0.25) is 0 Å². The lowest BCUT2D eigenvalue weighted by Gasteiger charge is -2.33. The van der Waals surface area contributed by atoms with E-state index in [4.69, 9.17) is 15.0 Å². The standard InChI is InChI=1S/2C25H18O2.CH2O3/c2*26-19-13-9-17(10-14-19)25(18-11-15-20(27)16-12-18)23-7-3-1-5-21(23)22-6-2-4-8-24(22)25;2-1(3)4/h2*1-16,26-27H;(H2,2,3,4)/p-2. The Morgan fingerprint density at radius 2 is 0.483 bits per heavy atom. The van der Waals surface area contributed by atoms with Gasteiger partial charge in [-0.2, -0.15) is 0 Å². The van der Waals surface area contributed by atoms with Crippen LogP contribution in [0.4, 0.5) is 4.79 Å². The van der Waals surface area contributed by atoms with Crippen LogP contribution in [0.5, 0.6) is 23.0 Å². The zero-order chi connectivity index (χ0) is 40.4. The van der Waals surface area contributed by atoms with Gasteiger partial charge in [0.05, 0.1) is 10.8 Å². The van der Waals surface area contributed by atoms with Crippen molar-refractivity contribution in [2.75, 3.05) is 0 Å². The summed E-state index contributed by atoms with van der Waals surface area (Å²) in [6, 6.07) is 63.7. The molecule has 0 heterocycles. The van der Waals surface area contributed by atoms with Crippen molar-refractivity contribution >= 4 is 6.16 Å². The molecule has 2 aliphatic rings. The third-order valence-electron chi connectivity index (χ3n) is 11.1. The lowest BCUT2D eigenvalue weighted by Crippen LogP contribution is -2.37. The van der Waals surface area contributed by atoms with Crippen LogP contribution in [0.1, 0.15) is 44.5 Å². The minimum Gasteiger partial charge on any atom is -0.652 e. The molecule has 0 radical (unpaired) electrons. The number of phenolic OH excluding ortho intramolecular Hbond substituents is 4. The highest BCUT2D eigenvalue weighted by Crippen LogP contribution is 2.57. The molecule has 10 rings (SSSR count). The second-order valence-electron chi connectivity index (χ2n) is 14.1. The van der Waals surface area contributed by atoms with Crippen LogP contribution in [0, 0.1) is 0 Å². The average Bonchev–Trinajstić information content (AvgIpc) is 3.71. The maximum Gasteiger partial charge on any atom is 0.115 e. The monoisotopic (exact) mass is 760 g/mol. The number of hydrogen-bond donors (Lipinski definition) is 4. The van der Waals surface area contributed by atoms with Gasteiger partial charge in [0.25, 0.3) is 0 Å². The minimum atomic E-state index is -2.33. The smallest absolute Gasteiger partial charge is 0.115 e. The molecule has 8 aromatic rings. The quantitative estimate of drug-likeness (QED) is 0.141. The number of phenols is 4. The van der Waals surface area contributed by atoms with Crippen LogP contribution in [0.15, 0.2) is 194 Å². The molecule has 0 aromatic heterocycles. The fourth-order valence-electron chi connectivity index (χ4n) is 8.89. The minimum absolute atomic E-state index is 0.249. The Hall–Kier alpha value is -7.77. The van der Waals surface area contributed by atoms with Gasteiger partial charge in [0, 0.05) is 0 Å². The molecule has 7 heteroatoms. The first-order valence-corrected chi connectivity index (χ1v) is 18.6. The summed E-state index contributed by atoms with van der Waals surface area (Å²) < 4.78 is 0. The van der Waals surface area contributed by atoms with Crippen LogP contribution in [-0.2, 0) is 10.8 Å². The Bertz CT molecular complexity index is 2360. The Labute approximate surface area is 335 Å². The van der Waals surface area contributed by atoms with E-state index in [0.717, 1.165) is 22.3 Å². The Morgan fingerprint density at radius 3 is 0.672 bits per heavy atom. The number of carboxylic acid groups (broad SMARTS) is 2. The van der Waals surface area contributed by atoms with E-state index < -0.39 is 17.0 Å². The van der Waals surface area contributed by atoms with Crippen molar-refractivity contribution in [3.05, 3.63) is 239 Å². The second-order valence-corrected chi connectivity index (χ2v) is 14.1. The fourth-order valence-corrected chi connectivity index (χ4v) is 8.89. The van der Waals surface area contributed by atoms with Gasteiger partial charge in [-0.1, -0.05) is 146 Å². The highest BCUT2D eigenvalue weighted by molar-refractivity contribution is 5.87. The van der Waals surface area contributed by atoms with Gasteiger partial charge in [0.2, 0.25) is 0 Å². The third-order valence-corrected chi connectivity index (χ3v) is 11.1. The fraction of sp³-hybridized carbons (Fsp3) is 0.0392. The molecule has 0 atom stereocenters. The molecule has 0 amide bonds. The van der Waals surface area contributed by atoms with E-state index in [0.29, 0.717) is 0 Å². The van der Waals surface area contributed by atoms with Crippen LogP contribution in [-0.4, -0.2) is 26.6 Å². The van der Waals surface area contributed by atoms with E-state index in [-0.39, 0.29) is 23.0 Å². The molecule has 8 aromatic carbocycles. The van der Waals surface area contributed by atoms with Crippen molar-refractivity contribution in [1.29, 1.82) is 0 Å². The van der Waals surface area contributed by atoms with E-state index in [1.54, 1.807) is 48.5 Å². The summed E-state index contributed by atoms with van der Waals surface area (Å²) >= 11 is 0. The topological polar surface area (TPSA) is 144 Å². The number of benzene rings is 8. The third kappa shape index (κ3) is 6.15. The van der Waals surface area contributed by atoms with Crippen LogP contribution in [0.25, 0.3) is 22.3 Å². The van der Waals surface area contributed by atoms with Crippen molar-refractivity contribution in [2.24, 2.45) is 0 Å². The molecule has 0 saturated carbocycles. The summed E-state index contributed by atoms with van der Waals surface area (Å²) in [6.45, 7) is 0. The predicted octanol–water partition coefficient (Wildman–Crippen LogP) is 8.47. The number of fused-ring (bicyclic) bond motifs is 6. The molecule has 0 spiro atoms. The van der Waals surface area contributed by atoms with E-state index >= 15 is 0 Å². The summed E-state index contributed by atoms with van der Waals surface area (Å²) in [5, 5.41) is 56.1. The first kappa shape index (κ1) is 37.2. The lowest BCUT2D eigenvalue weighted by atomic mass is 9.68. The maximum absolute atomic E-state index is 9.85. The van der Waals surface area contributed by atoms with Crippen LogP contribution < -0.4 is 10.2 Å². The molecule has 2 aliphatic carbocycles.